The molecule has 0 atom stereocenters. The van der Waals surface area contributed by atoms with E-state index < -0.39 is 11.6 Å². The van der Waals surface area contributed by atoms with Gasteiger partial charge in [0, 0.05) is 13.0 Å². The van der Waals surface area contributed by atoms with Gasteiger partial charge in [0.15, 0.2) is 5.82 Å². The number of hydrogen-bond donors (Lipinski definition) is 1. The largest absolute Gasteiger partial charge is 0.334 e. The van der Waals surface area contributed by atoms with Crippen LogP contribution in [0.5, 0.6) is 0 Å². The first kappa shape index (κ1) is 12.9. The molecule has 0 spiro atoms. The minimum Gasteiger partial charge on any atom is -0.334 e. The minimum atomic E-state index is -0.733. The van der Waals surface area contributed by atoms with Crippen molar-refractivity contribution in [2.45, 2.75) is 6.42 Å². The van der Waals surface area contributed by atoms with Crippen LogP contribution in [-0.2, 0) is 6.42 Å². The molecule has 0 bridgehead atoms. The topological polar surface area (TPSA) is 51.0 Å². The van der Waals surface area contributed by atoms with Gasteiger partial charge in [-0.1, -0.05) is 16.8 Å². The first-order chi connectivity index (χ1) is 8.61. The van der Waals surface area contributed by atoms with Gasteiger partial charge in [-0.25, -0.2) is 8.78 Å². The third-order valence-corrected chi connectivity index (χ3v) is 2.60. The quantitative estimate of drug-likeness (QED) is 0.870. The number of nitrogens with one attached hydrogen (secondary N) is 1. The normalized spacial score (nSPS) is 10.9. The highest BCUT2D eigenvalue weighted by molar-refractivity contribution is 6.30. The predicted octanol–water partition coefficient (Wildman–Crippen LogP) is 2.43. The Hall–Kier alpha value is -1.53. The maximum atomic E-state index is 13.6. The van der Waals surface area contributed by atoms with Crippen molar-refractivity contribution >= 4 is 11.6 Å². The van der Waals surface area contributed by atoms with Crippen LogP contribution < -0.4 is 5.32 Å². The molecule has 0 aliphatic carbocycles. The van der Waals surface area contributed by atoms with Crippen molar-refractivity contribution in [2.24, 2.45) is 0 Å². The van der Waals surface area contributed by atoms with Gasteiger partial charge in [-0.05, 0) is 19.2 Å². The van der Waals surface area contributed by atoms with Crippen LogP contribution in [0.4, 0.5) is 8.78 Å². The van der Waals surface area contributed by atoms with Crippen LogP contribution in [0.25, 0.3) is 11.5 Å². The number of likely N-dealkylation sites (N-methyl/N-ethyl adjacent to an activating group) is 1. The lowest BCUT2D eigenvalue weighted by atomic mass is 10.2. The Morgan fingerprint density at radius 1 is 1.33 bits per heavy atom. The first-order valence-corrected chi connectivity index (χ1v) is 5.61. The zero-order valence-corrected chi connectivity index (χ0v) is 10.3. The van der Waals surface area contributed by atoms with Crippen LogP contribution >= 0.6 is 11.6 Å². The fraction of sp³-hybridized carbons (Fsp3) is 0.273. The minimum absolute atomic E-state index is 0.0610. The van der Waals surface area contributed by atoms with Gasteiger partial charge in [0.1, 0.15) is 11.6 Å². The Morgan fingerprint density at radius 2 is 2.11 bits per heavy atom. The molecule has 7 heteroatoms. The Balaban J connectivity index is 2.31. The van der Waals surface area contributed by atoms with Crippen molar-refractivity contribution < 1.29 is 13.3 Å². The number of nitrogens with zero attached hydrogens (tertiary/aromatic N) is 2. The summed E-state index contributed by atoms with van der Waals surface area (Å²) < 4.78 is 31.7. The lowest BCUT2D eigenvalue weighted by Gasteiger charge is -1.99. The van der Waals surface area contributed by atoms with Crippen LogP contribution in [0.2, 0.25) is 5.02 Å². The van der Waals surface area contributed by atoms with Gasteiger partial charge in [-0.2, -0.15) is 4.98 Å². The maximum absolute atomic E-state index is 13.6. The monoisotopic (exact) mass is 273 g/mol. The van der Waals surface area contributed by atoms with Crippen LogP contribution in [0, 0.1) is 11.6 Å². The second-order valence-corrected chi connectivity index (χ2v) is 4.02. The van der Waals surface area contributed by atoms with E-state index >= 15 is 0 Å². The number of aromatic nitrogens is 2. The van der Waals surface area contributed by atoms with E-state index in [1.807, 2.05) is 0 Å². The zero-order chi connectivity index (χ0) is 13.1. The zero-order valence-electron chi connectivity index (χ0n) is 9.51. The lowest BCUT2D eigenvalue weighted by Crippen LogP contribution is -2.11. The van der Waals surface area contributed by atoms with Crippen LogP contribution in [-0.4, -0.2) is 23.7 Å². The fourth-order valence-corrected chi connectivity index (χ4v) is 1.54. The van der Waals surface area contributed by atoms with E-state index in [1.54, 1.807) is 7.05 Å². The second-order valence-electron chi connectivity index (χ2n) is 3.62. The summed E-state index contributed by atoms with van der Waals surface area (Å²) in [5, 5.41) is 6.31. The summed E-state index contributed by atoms with van der Waals surface area (Å²) in [4.78, 5) is 3.98. The van der Waals surface area contributed by atoms with Crippen molar-refractivity contribution in [3.63, 3.8) is 0 Å². The first-order valence-electron chi connectivity index (χ1n) is 5.24. The average Bonchev–Trinajstić information content (AvgIpc) is 2.79. The Labute approximate surface area is 107 Å². The molecule has 96 valence electrons. The highest BCUT2D eigenvalue weighted by Crippen LogP contribution is 2.26. The number of halogens is 3. The molecule has 1 N–H and O–H groups in total. The number of hydrogen-bond acceptors (Lipinski definition) is 4. The number of benzene rings is 1. The van der Waals surface area contributed by atoms with Gasteiger partial charge in [0.05, 0.1) is 10.6 Å². The third-order valence-electron chi connectivity index (χ3n) is 2.31. The van der Waals surface area contributed by atoms with Gasteiger partial charge in [-0.15, -0.1) is 0 Å². The second kappa shape index (κ2) is 5.41. The van der Waals surface area contributed by atoms with Crippen LogP contribution in [0.3, 0.4) is 0 Å². The SMILES string of the molecule is CNCCc1noc(-c2cc(F)c(Cl)cc2F)n1. The third kappa shape index (κ3) is 2.65. The van der Waals surface area contributed by atoms with Crippen molar-refractivity contribution in [1.29, 1.82) is 0 Å². The van der Waals surface area contributed by atoms with E-state index in [-0.39, 0.29) is 16.5 Å². The highest BCUT2D eigenvalue weighted by atomic mass is 35.5. The van der Waals surface area contributed by atoms with Crippen LogP contribution in [0.1, 0.15) is 5.82 Å². The van der Waals surface area contributed by atoms with E-state index in [1.165, 1.54) is 0 Å². The van der Waals surface area contributed by atoms with Gasteiger partial charge in [-0.3, -0.25) is 0 Å². The van der Waals surface area contributed by atoms with Crippen molar-refractivity contribution in [3.8, 4) is 11.5 Å². The predicted molar refractivity (Wildman–Crippen MR) is 62.3 cm³/mol. The standard InChI is InChI=1S/C11H10ClF2N3O/c1-15-3-2-10-16-11(18-17-10)6-4-9(14)7(12)5-8(6)13/h4-5,15H,2-3H2,1H3. The Morgan fingerprint density at radius 3 is 2.83 bits per heavy atom. The van der Waals surface area contributed by atoms with E-state index in [4.69, 9.17) is 16.1 Å². The van der Waals surface area contributed by atoms with E-state index in [9.17, 15) is 8.78 Å². The molecule has 0 aliphatic heterocycles. The molecule has 0 amide bonds. The molecule has 4 nitrogen and oxygen atoms in total. The summed E-state index contributed by atoms with van der Waals surface area (Å²) in [7, 11) is 1.79. The smallest absolute Gasteiger partial charge is 0.261 e. The molecule has 0 aliphatic rings. The average molecular weight is 274 g/mol. The molecule has 0 fully saturated rings. The van der Waals surface area contributed by atoms with Gasteiger partial charge in [0.25, 0.3) is 5.89 Å². The molecule has 0 saturated heterocycles. The molecule has 2 aromatic rings. The molecular formula is C11H10ClF2N3O. The van der Waals surface area contributed by atoms with Crippen LogP contribution in [0.15, 0.2) is 16.7 Å². The maximum Gasteiger partial charge on any atom is 0.261 e. The summed E-state index contributed by atoms with van der Waals surface area (Å²) in [5.74, 6) is -1.07. The molecule has 1 aromatic carbocycles. The Bertz CT molecular complexity index is 559. The summed E-state index contributed by atoms with van der Waals surface area (Å²) in [6, 6.07) is 1.82. The summed E-state index contributed by atoms with van der Waals surface area (Å²) in [5.41, 5.74) is -0.0971. The molecule has 0 saturated carbocycles. The van der Waals surface area contributed by atoms with E-state index in [0.29, 0.717) is 18.8 Å². The highest BCUT2D eigenvalue weighted by Gasteiger charge is 2.16. The molecule has 2 rings (SSSR count). The van der Waals surface area contributed by atoms with Gasteiger partial charge in [0.2, 0.25) is 0 Å². The van der Waals surface area contributed by atoms with Crippen molar-refractivity contribution in [1.82, 2.24) is 15.5 Å². The molecule has 0 unspecified atom stereocenters. The summed E-state index contributed by atoms with van der Waals surface area (Å²) in [6.07, 6.45) is 0.539. The van der Waals surface area contributed by atoms with Gasteiger partial charge >= 0.3 is 0 Å². The molecule has 1 heterocycles. The Kier molecular flexibility index (Phi) is 3.88. The number of rotatable bonds is 4. The molecular weight excluding hydrogens is 264 g/mol. The van der Waals surface area contributed by atoms with E-state index in [2.05, 4.69) is 15.5 Å². The summed E-state index contributed by atoms with van der Waals surface area (Å²) >= 11 is 5.46. The summed E-state index contributed by atoms with van der Waals surface area (Å²) in [6.45, 7) is 0.663. The van der Waals surface area contributed by atoms with E-state index in [0.717, 1.165) is 12.1 Å². The molecule has 0 radical (unpaired) electrons. The van der Waals surface area contributed by atoms with Gasteiger partial charge < -0.3 is 9.84 Å². The molecule has 1 aromatic heterocycles. The van der Waals surface area contributed by atoms with Crippen molar-refractivity contribution in [3.05, 3.63) is 34.6 Å². The fourth-order valence-electron chi connectivity index (χ4n) is 1.39. The lowest BCUT2D eigenvalue weighted by molar-refractivity contribution is 0.419. The van der Waals surface area contributed by atoms with Crippen molar-refractivity contribution in [2.75, 3.05) is 13.6 Å². The molecule has 18 heavy (non-hydrogen) atoms.